The molecule has 1 heterocycles. The average Bonchev–Trinajstić information content (AvgIpc) is 2.52. The van der Waals surface area contributed by atoms with Crippen molar-refractivity contribution in [2.75, 3.05) is 18.9 Å². The van der Waals surface area contributed by atoms with Gasteiger partial charge in [0.1, 0.15) is 5.75 Å². The number of hydrogen-bond acceptors (Lipinski definition) is 4. The van der Waals surface area contributed by atoms with E-state index in [2.05, 4.69) is 10.1 Å². The molecule has 0 saturated heterocycles. The molecule has 0 atom stereocenters. The van der Waals surface area contributed by atoms with Crippen LogP contribution >= 0.6 is 0 Å². The number of rotatable bonds is 4. The third-order valence-corrected chi connectivity index (χ3v) is 3.01. The number of nitrogens with one attached hydrogen (secondary N) is 1. The van der Waals surface area contributed by atoms with Crippen molar-refractivity contribution in [3.63, 3.8) is 0 Å². The monoisotopic (exact) mass is 342 g/mol. The molecule has 128 valence electrons. The molecule has 0 radical (unpaired) electrons. The van der Waals surface area contributed by atoms with Crippen LogP contribution in [0.2, 0.25) is 0 Å². The molecule has 0 aliphatic carbocycles. The van der Waals surface area contributed by atoms with Gasteiger partial charge in [-0.25, -0.2) is 4.79 Å². The summed E-state index contributed by atoms with van der Waals surface area (Å²) in [5.74, 6) is -0.165. The summed E-state index contributed by atoms with van der Waals surface area (Å²) in [7, 11) is 0. The molecule has 0 spiro atoms. The van der Waals surface area contributed by atoms with Gasteiger partial charge in [-0.15, -0.1) is 13.2 Å². The molecule has 0 unspecified atom stereocenters. The second kappa shape index (κ2) is 7.18. The van der Waals surface area contributed by atoms with Crippen LogP contribution in [-0.4, -0.2) is 30.7 Å². The van der Waals surface area contributed by atoms with E-state index in [1.165, 1.54) is 36.5 Å². The molecule has 0 saturated carbocycles. The molecule has 24 heavy (non-hydrogen) atoms. The van der Waals surface area contributed by atoms with Crippen LogP contribution < -0.4 is 20.4 Å². The van der Waals surface area contributed by atoms with Crippen molar-refractivity contribution in [2.45, 2.75) is 6.36 Å². The van der Waals surface area contributed by atoms with Gasteiger partial charge in [0.25, 0.3) is 0 Å². The minimum absolute atomic E-state index is 0.0684. The van der Waals surface area contributed by atoms with E-state index in [4.69, 9.17) is 10.8 Å². The lowest BCUT2D eigenvalue weighted by Crippen LogP contribution is -2.52. The predicted octanol–water partition coefficient (Wildman–Crippen LogP) is 1.67. The number of aliphatic hydroxyl groups is 1. The molecule has 0 bridgehead atoms. The number of benzene rings is 1. The van der Waals surface area contributed by atoms with Crippen molar-refractivity contribution in [3.8, 4) is 16.9 Å². The number of carbonyl (C=O) groups excluding carboxylic acids is 1. The lowest BCUT2D eigenvalue weighted by atomic mass is 10.1. The molecule has 2 aromatic rings. The highest BCUT2D eigenvalue weighted by molar-refractivity contribution is 5.68. The third-order valence-electron chi connectivity index (χ3n) is 3.01. The van der Waals surface area contributed by atoms with Crippen LogP contribution in [0, 0.1) is 0 Å². The van der Waals surface area contributed by atoms with E-state index in [9.17, 15) is 18.0 Å². The maximum absolute atomic E-state index is 12.2. The second-order valence-corrected chi connectivity index (χ2v) is 4.74. The molecule has 6 nitrogen and oxygen atoms in total. The molecule has 0 aliphatic rings. The zero-order valence-corrected chi connectivity index (χ0v) is 12.4. The van der Waals surface area contributed by atoms with Crippen molar-refractivity contribution >= 4 is 11.8 Å². The van der Waals surface area contributed by atoms with E-state index in [-0.39, 0.29) is 24.7 Å². The van der Waals surface area contributed by atoms with Crippen LogP contribution in [0.15, 0.2) is 42.6 Å². The first kappa shape index (κ1) is 17.5. The predicted molar refractivity (Wildman–Crippen MR) is 79.1 cm³/mol. The first-order valence-electron chi connectivity index (χ1n) is 6.86. The number of nitrogen functional groups attached to an aromatic ring is 1. The number of hydrogen-bond donors (Lipinski definition) is 3. The Morgan fingerprint density at radius 1 is 1.17 bits per heavy atom. The Hall–Kier alpha value is -2.81. The van der Waals surface area contributed by atoms with Gasteiger partial charge >= 0.3 is 12.4 Å². The fourth-order valence-corrected chi connectivity index (χ4v) is 1.96. The summed E-state index contributed by atoms with van der Waals surface area (Å²) in [6, 6.07) is 7.81. The van der Waals surface area contributed by atoms with Gasteiger partial charge in [0.15, 0.2) is 0 Å². The van der Waals surface area contributed by atoms with E-state index < -0.39 is 12.4 Å². The fraction of sp³-hybridized carbons (Fsp3) is 0.200. The number of aromatic nitrogens is 1. The first-order valence-corrected chi connectivity index (χ1v) is 6.86. The van der Waals surface area contributed by atoms with Gasteiger partial charge in [0, 0.05) is 11.6 Å². The molecule has 2 rings (SSSR count). The largest absolute Gasteiger partial charge is 0.573 e. The molecule has 1 aromatic carbocycles. The number of pyridine rings is 1. The minimum Gasteiger partial charge on any atom is -0.406 e. The quantitative estimate of drug-likeness (QED) is 0.738. The highest BCUT2D eigenvalue weighted by Crippen LogP contribution is 2.26. The number of anilines is 1. The van der Waals surface area contributed by atoms with Gasteiger partial charge in [0.2, 0.25) is 5.82 Å². The van der Waals surface area contributed by atoms with Gasteiger partial charge in [-0.1, -0.05) is 12.1 Å². The highest BCUT2D eigenvalue weighted by atomic mass is 19.4. The summed E-state index contributed by atoms with van der Waals surface area (Å²) < 4.78 is 41.4. The Balaban J connectivity index is 2.24. The zero-order chi connectivity index (χ0) is 17.7. The summed E-state index contributed by atoms with van der Waals surface area (Å²) in [5.41, 5.74) is 6.88. The smallest absolute Gasteiger partial charge is 0.406 e. The molecule has 1 aromatic heterocycles. The Morgan fingerprint density at radius 3 is 2.38 bits per heavy atom. The zero-order valence-electron chi connectivity index (χ0n) is 12.4. The molecule has 0 fully saturated rings. The van der Waals surface area contributed by atoms with Crippen LogP contribution in [0.4, 0.5) is 23.8 Å². The van der Waals surface area contributed by atoms with E-state index in [1.54, 1.807) is 6.07 Å². The number of halogens is 3. The molecule has 1 amide bonds. The minimum atomic E-state index is -4.75. The van der Waals surface area contributed by atoms with Crippen molar-refractivity contribution in [1.29, 1.82) is 0 Å². The van der Waals surface area contributed by atoms with Crippen molar-refractivity contribution in [3.05, 3.63) is 42.6 Å². The molecular formula is C15H15F3N3O3+. The number of ether oxygens (including phenoxy) is 1. The number of aliphatic hydroxyl groups excluding tert-OH is 1. The summed E-state index contributed by atoms with van der Waals surface area (Å²) in [6.45, 7) is -0.147. The Bertz CT molecular complexity index is 718. The second-order valence-electron chi connectivity index (χ2n) is 4.74. The molecule has 4 N–H and O–H groups in total. The van der Waals surface area contributed by atoms with Crippen LogP contribution in [-0.2, 0) is 0 Å². The number of nitrogens with zero attached hydrogens (tertiary/aromatic N) is 1. The lowest BCUT2D eigenvalue weighted by molar-refractivity contribution is -0.556. The molecular weight excluding hydrogens is 327 g/mol. The number of nitrogens with two attached hydrogens (primary N) is 1. The lowest BCUT2D eigenvalue weighted by Gasteiger charge is -2.10. The van der Waals surface area contributed by atoms with Crippen LogP contribution in [0.25, 0.3) is 11.1 Å². The maximum atomic E-state index is 12.2. The topological polar surface area (TPSA) is 88.5 Å². The van der Waals surface area contributed by atoms with Crippen LogP contribution in [0.5, 0.6) is 5.75 Å². The standard InChI is InChI=1S/C15H14F3N3O3/c16-15(17,18)24-12-4-1-10(2-5-12)11-3-6-13(19)21(9-11)14(23)20-7-8-22/h1-6,9,19,22H,7-8H2,(H,20,23)/p+1. The first-order chi connectivity index (χ1) is 11.3. The van der Waals surface area contributed by atoms with Gasteiger partial charge in [-0.2, -0.15) is 4.57 Å². The summed E-state index contributed by atoms with van der Waals surface area (Å²) in [5, 5.41) is 11.2. The Kier molecular flexibility index (Phi) is 5.24. The SMILES string of the molecule is Nc1ccc(-c2ccc(OC(F)(F)F)cc2)c[n+]1C(=O)NCCO. The Labute approximate surface area is 135 Å². The highest BCUT2D eigenvalue weighted by Gasteiger charge is 2.31. The van der Waals surface area contributed by atoms with Gasteiger partial charge in [0.05, 0.1) is 19.3 Å². The van der Waals surface area contributed by atoms with Crippen molar-refractivity contribution < 1.29 is 32.4 Å². The fourth-order valence-electron chi connectivity index (χ4n) is 1.96. The summed E-state index contributed by atoms with van der Waals surface area (Å²) in [4.78, 5) is 11.9. The Morgan fingerprint density at radius 2 is 1.79 bits per heavy atom. The van der Waals surface area contributed by atoms with E-state index in [0.717, 1.165) is 4.57 Å². The van der Waals surface area contributed by atoms with Gasteiger partial charge < -0.3 is 15.6 Å². The van der Waals surface area contributed by atoms with E-state index >= 15 is 0 Å². The maximum Gasteiger partial charge on any atom is 0.573 e. The van der Waals surface area contributed by atoms with E-state index in [1.807, 2.05) is 0 Å². The van der Waals surface area contributed by atoms with Crippen LogP contribution in [0.1, 0.15) is 0 Å². The van der Waals surface area contributed by atoms with Gasteiger partial charge in [-0.05, 0) is 23.8 Å². The van der Waals surface area contributed by atoms with Crippen molar-refractivity contribution in [2.24, 2.45) is 0 Å². The van der Waals surface area contributed by atoms with E-state index in [0.29, 0.717) is 11.1 Å². The number of carbonyl (C=O) groups is 1. The molecule has 0 aliphatic heterocycles. The normalized spacial score (nSPS) is 11.2. The third kappa shape index (κ3) is 4.59. The summed E-state index contributed by atoms with van der Waals surface area (Å²) >= 11 is 0. The number of amides is 1. The average molecular weight is 342 g/mol. The van der Waals surface area contributed by atoms with Crippen LogP contribution in [0.3, 0.4) is 0 Å². The molecule has 9 heteroatoms. The van der Waals surface area contributed by atoms with Crippen molar-refractivity contribution in [1.82, 2.24) is 5.32 Å². The van der Waals surface area contributed by atoms with Gasteiger partial charge in [-0.3, -0.25) is 5.32 Å². The number of alkyl halides is 3. The summed E-state index contributed by atoms with van der Waals surface area (Å²) in [6.07, 6.45) is -3.31.